The van der Waals surface area contributed by atoms with E-state index in [-0.39, 0.29) is 5.56 Å². The average Bonchev–Trinajstić information content (AvgIpc) is 2.18. The van der Waals surface area contributed by atoms with Crippen molar-refractivity contribution in [3.8, 4) is 0 Å². The standard InChI is InChI=1S/C10H13F2NO2S/c1-6(16(2,14)15)10(13)8-5-7(11)3-4-9(8)12/h3-6,10H,13H2,1-2H3. The van der Waals surface area contributed by atoms with Crippen molar-refractivity contribution in [2.45, 2.75) is 18.2 Å². The second kappa shape index (κ2) is 4.47. The minimum absolute atomic E-state index is 0.127. The van der Waals surface area contributed by atoms with Crippen LogP contribution in [-0.2, 0) is 9.84 Å². The summed E-state index contributed by atoms with van der Waals surface area (Å²) in [5, 5.41) is -0.969. The summed E-state index contributed by atoms with van der Waals surface area (Å²) in [5.74, 6) is -1.35. The van der Waals surface area contributed by atoms with Gasteiger partial charge in [0.2, 0.25) is 0 Å². The fourth-order valence-electron chi connectivity index (χ4n) is 1.29. The Bertz CT molecular complexity index is 488. The molecule has 0 aliphatic rings. The van der Waals surface area contributed by atoms with E-state index in [1.807, 2.05) is 0 Å². The summed E-state index contributed by atoms with van der Waals surface area (Å²) < 4.78 is 48.7. The fourth-order valence-corrected chi connectivity index (χ4v) is 1.97. The predicted molar refractivity (Wildman–Crippen MR) is 57.6 cm³/mol. The molecule has 0 saturated carbocycles. The third kappa shape index (κ3) is 2.76. The summed E-state index contributed by atoms with van der Waals surface area (Å²) in [6.07, 6.45) is 1.01. The van der Waals surface area contributed by atoms with Gasteiger partial charge >= 0.3 is 0 Å². The topological polar surface area (TPSA) is 60.2 Å². The van der Waals surface area contributed by atoms with Crippen LogP contribution in [0.4, 0.5) is 8.78 Å². The minimum atomic E-state index is -3.39. The minimum Gasteiger partial charge on any atom is -0.323 e. The molecule has 0 spiro atoms. The largest absolute Gasteiger partial charge is 0.323 e. The van der Waals surface area contributed by atoms with E-state index in [0.717, 1.165) is 24.5 Å². The molecule has 0 fully saturated rings. The summed E-state index contributed by atoms with van der Waals surface area (Å²) in [6, 6.07) is 1.73. The highest BCUT2D eigenvalue weighted by Crippen LogP contribution is 2.22. The van der Waals surface area contributed by atoms with Gasteiger partial charge in [-0.05, 0) is 25.1 Å². The Morgan fingerprint density at radius 3 is 2.38 bits per heavy atom. The number of hydrogen-bond acceptors (Lipinski definition) is 3. The van der Waals surface area contributed by atoms with Crippen LogP contribution in [0, 0.1) is 11.6 Å². The van der Waals surface area contributed by atoms with Gasteiger partial charge in [-0.1, -0.05) is 0 Å². The smallest absolute Gasteiger partial charge is 0.151 e. The van der Waals surface area contributed by atoms with Crippen molar-refractivity contribution in [2.24, 2.45) is 5.73 Å². The molecule has 3 nitrogen and oxygen atoms in total. The van der Waals surface area contributed by atoms with E-state index in [1.54, 1.807) is 0 Å². The van der Waals surface area contributed by atoms with Gasteiger partial charge in [-0.15, -0.1) is 0 Å². The Balaban J connectivity index is 3.14. The van der Waals surface area contributed by atoms with Gasteiger partial charge in [0.05, 0.1) is 5.25 Å². The van der Waals surface area contributed by atoms with Crippen molar-refractivity contribution >= 4 is 9.84 Å². The van der Waals surface area contributed by atoms with E-state index in [2.05, 4.69) is 0 Å². The van der Waals surface area contributed by atoms with Crippen LogP contribution in [-0.4, -0.2) is 19.9 Å². The van der Waals surface area contributed by atoms with Crippen molar-refractivity contribution in [1.29, 1.82) is 0 Å². The quantitative estimate of drug-likeness (QED) is 0.880. The van der Waals surface area contributed by atoms with Gasteiger partial charge in [0.1, 0.15) is 11.6 Å². The molecule has 1 aromatic rings. The van der Waals surface area contributed by atoms with E-state index in [4.69, 9.17) is 5.73 Å². The van der Waals surface area contributed by atoms with E-state index in [1.165, 1.54) is 6.92 Å². The normalized spacial score (nSPS) is 15.8. The van der Waals surface area contributed by atoms with Gasteiger partial charge in [0, 0.05) is 17.9 Å². The predicted octanol–water partition coefficient (Wildman–Crippen LogP) is 1.40. The molecular weight excluding hydrogens is 236 g/mol. The third-order valence-corrected chi connectivity index (χ3v) is 4.14. The van der Waals surface area contributed by atoms with Gasteiger partial charge in [-0.2, -0.15) is 0 Å². The van der Waals surface area contributed by atoms with Crippen molar-refractivity contribution in [3.63, 3.8) is 0 Å². The molecule has 0 heterocycles. The van der Waals surface area contributed by atoms with Crippen LogP contribution < -0.4 is 5.73 Å². The van der Waals surface area contributed by atoms with E-state index >= 15 is 0 Å². The van der Waals surface area contributed by atoms with Crippen molar-refractivity contribution < 1.29 is 17.2 Å². The Labute approximate surface area is 93.2 Å². The number of rotatable bonds is 3. The van der Waals surface area contributed by atoms with Crippen LogP contribution in [0.3, 0.4) is 0 Å². The maximum atomic E-state index is 13.3. The molecule has 1 rings (SSSR count). The second-order valence-corrected chi connectivity index (χ2v) is 6.13. The third-order valence-electron chi connectivity index (χ3n) is 2.50. The molecule has 2 unspecified atom stereocenters. The zero-order valence-corrected chi connectivity index (χ0v) is 9.76. The Morgan fingerprint density at radius 1 is 1.31 bits per heavy atom. The molecule has 0 aromatic heterocycles. The zero-order valence-electron chi connectivity index (χ0n) is 8.94. The number of sulfone groups is 1. The summed E-state index contributed by atoms with van der Waals surface area (Å²) >= 11 is 0. The monoisotopic (exact) mass is 249 g/mol. The molecule has 16 heavy (non-hydrogen) atoms. The lowest BCUT2D eigenvalue weighted by Gasteiger charge is -2.19. The molecular formula is C10H13F2NO2S. The molecule has 6 heteroatoms. The van der Waals surface area contributed by atoms with E-state index in [0.29, 0.717) is 0 Å². The molecule has 1 aromatic carbocycles. The lowest BCUT2D eigenvalue weighted by atomic mass is 10.0. The molecule has 2 N–H and O–H groups in total. The van der Waals surface area contributed by atoms with Crippen LogP contribution in [0.25, 0.3) is 0 Å². The highest BCUT2D eigenvalue weighted by molar-refractivity contribution is 7.91. The van der Waals surface area contributed by atoms with Crippen LogP contribution in [0.15, 0.2) is 18.2 Å². The number of halogens is 2. The molecule has 90 valence electrons. The van der Waals surface area contributed by atoms with Gasteiger partial charge < -0.3 is 5.73 Å². The Hall–Kier alpha value is -1.01. The van der Waals surface area contributed by atoms with Crippen molar-refractivity contribution in [1.82, 2.24) is 0 Å². The molecule has 2 atom stereocenters. The van der Waals surface area contributed by atoms with Crippen molar-refractivity contribution in [3.05, 3.63) is 35.4 Å². The lowest BCUT2D eigenvalue weighted by Crippen LogP contribution is -2.31. The first-order valence-electron chi connectivity index (χ1n) is 4.63. The molecule has 0 bridgehead atoms. The van der Waals surface area contributed by atoms with E-state index < -0.39 is 32.8 Å². The zero-order chi connectivity index (χ0) is 12.5. The molecule has 0 radical (unpaired) electrons. The number of hydrogen-bond donors (Lipinski definition) is 1. The summed E-state index contributed by atoms with van der Waals surface area (Å²) in [4.78, 5) is 0. The van der Waals surface area contributed by atoms with Gasteiger partial charge in [0.25, 0.3) is 0 Å². The first kappa shape index (κ1) is 13.1. The molecule has 0 saturated heterocycles. The molecule has 0 aliphatic heterocycles. The van der Waals surface area contributed by atoms with Crippen molar-refractivity contribution in [2.75, 3.05) is 6.26 Å². The van der Waals surface area contributed by atoms with E-state index in [9.17, 15) is 17.2 Å². The average molecular weight is 249 g/mol. The van der Waals surface area contributed by atoms with Crippen LogP contribution in [0.2, 0.25) is 0 Å². The number of benzene rings is 1. The molecule has 0 aliphatic carbocycles. The summed E-state index contributed by atoms with van der Waals surface area (Å²) in [5.41, 5.74) is 5.48. The van der Waals surface area contributed by atoms with Gasteiger partial charge in [-0.3, -0.25) is 0 Å². The first-order valence-corrected chi connectivity index (χ1v) is 6.58. The lowest BCUT2D eigenvalue weighted by molar-refractivity contribution is 0.540. The maximum absolute atomic E-state index is 13.3. The summed E-state index contributed by atoms with van der Waals surface area (Å²) in [6.45, 7) is 1.37. The number of nitrogens with two attached hydrogens (primary N) is 1. The van der Waals surface area contributed by atoms with Gasteiger partial charge in [0.15, 0.2) is 9.84 Å². The second-order valence-electron chi connectivity index (χ2n) is 3.73. The van der Waals surface area contributed by atoms with Crippen LogP contribution in [0.1, 0.15) is 18.5 Å². The highest BCUT2D eigenvalue weighted by Gasteiger charge is 2.26. The van der Waals surface area contributed by atoms with Gasteiger partial charge in [-0.25, -0.2) is 17.2 Å². The van der Waals surface area contributed by atoms with Crippen LogP contribution >= 0.6 is 0 Å². The first-order chi connectivity index (χ1) is 7.23. The highest BCUT2D eigenvalue weighted by atomic mass is 32.2. The Morgan fingerprint density at radius 2 is 1.88 bits per heavy atom. The summed E-state index contributed by atoms with van der Waals surface area (Å²) in [7, 11) is -3.39. The Kier molecular flexibility index (Phi) is 3.64. The molecule has 0 amide bonds. The SMILES string of the molecule is CC(C(N)c1cc(F)ccc1F)S(C)(=O)=O. The fraction of sp³-hybridized carbons (Fsp3) is 0.400. The van der Waals surface area contributed by atoms with Crippen LogP contribution in [0.5, 0.6) is 0 Å². The maximum Gasteiger partial charge on any atom is 0.151 e.